The minimum Gasteiger partial charge on any atom is -0.444 e. The van der Waals surface area contributed by atoms with Crippen LogP contribution in [-0.4, -0.2) is 27.7 Å². The van der Waals surface area contributed by atoms with Crippen molar-refractivity contribution in [2.75, 3.05) is 6.54 Å². The minimum absolute atomic E-state index is 0.257. The second kappa shape index (κ2) is 6.68. The average Bonchev–Trinajstić information content (AvgIpc) is 2.93. The topological polar surface area (TPSA) is 34.5 Å². The number of rotatable bonds is 0. The number of aryl methyl sites for hydroxylation is 1. The molecule has 4 heteroatoms. The summed E-state index contributed by atoms with van der Waals surface area (Å²) in [5.41, 5.74) is 3.82. The first kappa shape index (κ1) is 17.2. The smallest absolute Gasteiger partial charge is 0.410 e. The highest BCUT2D eigenvalue weighted by molar-refractivity contribution is 5.68. The molecule has 1 aliphatic heterocycles. The first-order chi connectivity index (χ1) is 11.8. The molecule has 2 heterocycles. The van der Waals surface area contributed by atoms with Gasteiger partial charge in [-0.25, -0.2) is 4.79 Å². The maximum Gasteiger partial charge on any atom is 0.410 e. The SMILES string of the molecule is Cc1cccc(C#Cc2ccc3n2CCN(C(=O)OC(C)(C)C)C3)c1. The molecular formula is C21H24N2O2. The zero-order chi connectivity index (χ0) is 18.0. The summed E-state index contributed by atoms with van der Waals surface area (Å²) < 4.78 is 7.65. The van der Waals surface area contributed by atoms with Gasteiger partial charge in [0.15, 0.2) is 0 Å². The van der Waals surface area contributed by atoms with Crippen molar-refractivity contribution in [3.8, 4) is 11.8 Å². The van der Waals surface area contributed by atoms with Gasteiger partial charge < -0.3 is 14.2 Å². The molecule has 0 saturated carbocycles. The Balaban J connectivity index is 1.74. The van der Waals surface area contributed by atoms with Gasteiger partial charge in [0, 0.05) is 24.3 Å². The van der Waals surface area contributed by atoms with E-state index in [1.54, 1.807) is 4.90 Å². The summed E-state index contributed by atoms with van der Waals surface area (Å²) in [6.07, 6.45) is -0.257. The molecule has 2 aromatic rings. The van der Waals surface area contributed by atoms with Crippen molar-refractivity contribution in [2.45, 2.75) is 46.4 Å². The van der Waals surface area contributed by atoms with E-state index in [0.717, 1.165) is 23.5 Å². The van der Waals surface area contributed by atoms with Crippen LogP contribution in [0.2, 0.25) is 0 Å². The first-order valence-corrected chi connectivity index (χ1v) is 8.57. The van der Waals surface area contributed by atoms with E-state index in [-0.39, 0.29) is 6.09 Å². The van der Waals surface area contributed by atoms with Crippen LogP contribution >= 0.6 is 0 Å². The molecule has 0 atom stereocenters. The monoisotopic (exact) mass is 336 g/mol. The van der Waals surface area contributed by atoms with Crippen molar-refractivity contribution in [3.05, 3.63) is 58.9 Å². The van der Waals surface area contributed by atoms with Gasteiger partial charge in [-0.05, 0) is 63.4 Å². The molecule has 1 aliphatic rings. The summed E-state index contributed by atoms with van der Waals surface area (Å²) >= 11 is 0. The van der Waals surface area contributed by atoms with E-state index >= 15 is 0 Å². The highest BCUT2D eigenvalue weighted by atomic mass is 16.6. The molecule has 25 heavy (non-hydrogen) atoms. The van der Waals surface area contributed by atoms with Crippen molar-refractivity contribution in [1.82, 2.24) is 9.47 Å². The zero-order valence-corrected chi connectivity index (χ0v) is 15.3. The van der Waals surface area contributed by atoms with Crippen LogP contribution in [0.25, 0.3) is 0 Å². The largest absolute Gasteiger partial charge is 0.444 e. The molecule has 4 nitrogen and oxygen atoms in total. The Morgan fingerprint density at radius 3 is 2.64 bits per heavy atom. The number of amides is 1. The summed E-state index contributed by atoms with van der Waals surface area (Å²) in [6.45, 7) is 9.65. The van der Waals surface area contributed by atoms with Gasteiger partial charge in [0.1, 0.15) is 5.60 Å². The second-order valence-corrected chi connectivity index (χ2v) is 7.38. The van der Waals surface area contributed by atoms with Crippen LogP contribution in [-0.2, 0) is 17.8 Å². The molecule has 3 rings (SSSR count). The molecule has 0 bridgehead atoms. The first-order valence-electron chi connectivity index (χ1n) is 8.57. The Kier molecular flexibility index (Phi) is 4.59. The Labute approximate surface area is 149 Å². The quantitative estimate of drug-likeness (QED) is 0.683. The van der Waals surface area contributed by atoms with Gasteiger partial charge in [0.25, 0.3) is 0 Å². The summed E-state index contributed by atoms with van der Waals surface area (Å²) in [6, 6.07) is 12.2. The van der Waals surface area contributed by atoms with Crippen LogP contribution < -0.4 is 0 Å². The van der Waals surface area contributed by atoms with Crippen molar-refractivity contribution in [2.24, 2.45) is 0 Å². The van der Waals surface area contributed by atoms with E-state index in [9.17, 15) is 4.79 Å². The average molecular weight is 336 g/mol. The molecule has 130 valence electrons. The third-order valence-corrected chi connectivity index (χ3v) is 4.02. The number of nitrogens with zero attached hydrogens (tertiary/aromatic N) is 2. The highest BCUT2D eigenvalue weighted by Crippen LogP contribution is 2.19. The number of carbonyl (C=O) groups is 1. The molecule has 0 saturated heterocycles. The van der Waals surface area contributed by atoms with Crippen LogP contribution in [0, 0.1) is 18.8 Å². The van der Waals surface area contributed by atoms with Crippen LogP contribution in [0.4, 0.5) is 4.79 Å². The van der Waals surface area contributed by atoms with Crippen molar-refractivity contribution >= 4 is 6.09 Å². The van der Waals surface area contributed by atoms with Crippen LogP contribution in [0.1, 0.15) is 43.3 Å². The third-order valence-electron chi connectivity index (χ3n) is 4.02. The lowest BCUT2D eigenvalue weighted by Crippen LogP contribution is -2.41. The lowest BCUT2D eigenvalue weighted by atomic mass is 10.1. The van der Waals surface area contributed by atoms with E-state index in [1.807, 2.05) is 45.0 Å². The van der Waals surface area contributed by atoms with Crippen LogP contribution in [0.5, 0.6) is 0 Å². The minimum atomic E-state index is -0.471. The van der Waals surface area contributed by atoms with Crippen molar-refractivity contribution in [1.29, 1.82) is 0 Å². The van der Waals surface area contributed by atoms with Gasteiger partial charge >= 0.3 is 6.09 Å². The van der Waals surface area contributed by atoms with E-state index in [4.69, 9.17) is 4.74 Å². The number of fused-ring (bicyclic) bond motifs is 1. The Morgan fingerprint density at radius 2 is 1.92 bits per heavy atom. The van der Waals surface area contributed by atoms with E-state index in [1.165, 1.54) is 5.56 Å². The summed E-state index contributed by atoms with van der Waals surface area (Å²) in [5.74, 6) is 6.48. The van der Waals surface area contributed by atoms with Gasteiger partial charge in [-0.1, -0.05) is 18.1 Å². The lowest BCUT2D eigenvalue weighted by molar-refractivity contribution is 0.0199. The van der Waals surface area contributed by atoms with Crippen LogP contribution in [0.15, 0.2) is 36.4 Å². The molecular weight excluding hydrogens is 312 g/mol. The molecule has 0 N–H and O–H groups in total. The fourth-order valence-electron chi connectivity index (χ4n) is 2.86. The lowest BCUT2D eigenvalue weighted by Gasteiger charge is -2.31. The number of carbonyl (C=O) groups excluding carboxylic acids is 1. The predicted molar refractivity (Wildman–Crippen MR) is 98.2 cm³/mol. The maximum absolute atomic E-state index is 12.2. The van der Waals surface area contributed by atoms with E-state index < -0.39 is 5.60 Å². The number of ether oxygens (including phenoxy) is 1. The van der Waals surface area contributed by atoms with Crippen molar-refractivity contribution < 1.29 is 9.53 Å². The third kappa shape index (κ3) is 4.24. The summed E-state index contributed by atoms with van der Waals surface area (Å²) in [5, 5.41) is 0. The van der Waals surface area contributed by atoms with E-state index in [0.29, 0.717) is 13.1 Å². The predicted octanol–water partition coefficient (Wildman–Crippen LogP) is 3.95. The van der Waals surface area contributed by atoms with E-state index in [2.05, 4.69) is 35.5 Å². The number of hydrogen-bond acceptors (Lipinski definition) is 2. The van der Waals surface area contributed by atoms with Gasteiger partial charge in [-0.15, -0.1) is 0 Å². The van der Waals surface area contributed by atoms with Crippen molar-refractivity contribution in [3.63, 3.8) is 0 Å². The fourth-order valence-corrected chi connectivity index (χ4v) is 2.86. The summed E-state index contributed by atoms with van der Waals surface area (Å²) in [7, 11) is 0. The normalized spacial score (nSPS) is 13.7. The Hall–Kier alpha value is -2.67. The molecule has 0 aliphatic carbocycles. The number of hydrogen-bond donors (Lipinski definition) is 0. The molecule has 1 aromatic carbocycles. The molecule has 0 fully saturated rings. The maximum atomic E-state index is 12.2. The van der Waals surface area contributed by atoms with Crippen LogP contribution in [0.3, 0.4) is 0 Å². The van der Waals surface area contributed by atoms with Gasteiger partial charge in [0.05, 0.1) is 12.2 Å². The fraction of sp³-hybridized carbons (Fsp3) is 0.381. The van der Waals surface area contributed by atoms with Gasteiger partial charge in [-0.3, -0.25) is 0 Å². The molecule has 0 radical (unpaired) electrons. The molecule has 1 amide bonds. The Morgan fingerprint density at radius 1 is 1.12 bits per heavy atom. The Bertz CT molecular complexity index is 847. The van der Waals surface area contributed by atoms with Gasteiger partial charge in [0.2, 0.25) is 0 Å². The molecule has 0 spiro atoms. The number of aromatic nitrogens is 1. The highest BCUT2D eigenvalue weighted by Gasteiger charge is 2.26. The standard InChI is InChI=1S/C21H24N2O2/c1-16-6-5-7-17(14-16)8-9-18-10-11-19-15-22(12-13-23(18)19)20(24)25-21(2,3)4/h5-7,10-11,14H,12-13,15H2,1-4H3. The summed E-state index contributed by atoms with van der Waals surface area (Å²) in [4.78, 5) is 14.0. The second-order valence-electron chi connectivity index (χ2n) is 7.38. The zero-order valence-electron chi connectivity index (χ0n) is 15.3. The molecule has 0 unspecified atom stereocenters. The molecule has 1 aromatic heterocycles. The number of benzene rings is 1. The van der Waals surface area contributed by atoms with Gasteiger partial charge in [-0.2, -0.15) is 0 Å².